The van der Waals surface area contributed by atoms with Gasteiger partial charge in [-0.05, 0) is 73.5 Å². The maximum absolute atomic E-state index is 13.6. The summed E-state index contributed by atoms with van der Waals surface area (Å²) < 4.78 is 15.6. The Morgan fingerprint density at radius 3 is 2.57 bits per heavy atom. The van der Waals surface area contributed by atoms with Gasteiger partial charge < -0.3 is 10.6 Å². The van der Waals surface area contributed by atoms with E-state index in [2.05, 4.69) is 63.6 Å². The minimum atomic E-state index is -0.417. The van der Waals surface area contributed by atoms with Crippen molar-refractivity contribution in [3.05, 3.63) is 103 Å². The van der Waals surface area contributed by atoms with Gasteiger partial charge in [0.2, 0.25) is 5.82 Å². The second kappa shape index (κ2) is 11.5. The molecule has 2 fully saturated rings. The fourth-order valence-corrected chi connectivity index (χ4v) is 6.93. The van der Waals surface area contributed by atoms with Crippen molar-refractivity contribution in [1.29, 1.82) is 5.26 Å². The highest BCUT2D eigenvalue weighted by atomic mass is 19.1. The molecule has 1 atom stereocenters. The Labute approximate surface area is 270 Å². The van der Waals surface area contributed by atoms with Gasteiger partial charge in [-0.15, -0.1) is 0 Å². The number of likely N-dealkylation sites (tertiary alicyclic amines) is 1. The van der Waals surface area contributed by atoms with E-state index in [0.717, 1.165) is 79.9 Å². The Bertz CT molecular complexity index is 2140. The average Bonchev–Trinajstić information content (AvgIpc) is 3.82. The fraction of sp³-hybridized carbons (Fsp3) is 0.229. The van der Waals surface area contributed by atoms with Crippen LogP contribution >= 0.6 is 0 Å². The summed E-state index contributed by atoms with van der Waals surface area (Å²) in [5.74, 6) is 1.44. The summed E-state index contributed by atoms with van der Waals surface area (Å²) in [6.45, 7) is 4.77. The smallest absolute Gasteiger partial charge is 0.234 e. The van der Waals surface area contributed by atoms with Crippen molar-refractivity contribution in [1.82, 2.24) is 39.4 Å². The summed E-state index contributed by atoms with van der Waals surface area (Å²) in [6, 6.07) is 21.2. The van der Waals surface area contributed by atoms with Crippen LogP contribution in [-0.2, 0) is 6.54 Å². The van der Waals surface area contributed by atoms with Crippen molar-refractivity contribution in [2.45, 2.75) is 19.4 Å². The molecular weight excluding hydrogens is 593 g/mol. The second-order valence-corrected chi connectivity index (χ2v) is 12.3. The molecule has 6 aromatic rings. The van der Waals surface area contributed by atoms with Gasteiger partial charge >= 0.3 is 0 Å². The monoisotopic (exact) mass is 623 g/mol. The van der Waals surface area contributed by atoms with E-state index in [1.807, 2.05) is 30.3 Å². The molecule has 12 heteroatoms. The lowest BCUT2D eigenvalue weighted by atomic mass is 9.86. The van der Waals surface area contributed by atoms with Gasteiger partial charge in [0.05, 0.1) is 11.9 Å². The lowest BCUT2D eigenvalue weighted by Gasteiger charge is -2.25. The predicted octanol–water partition coefficient (Wildman–Crippen LogP) is 5.03. The molecule has 0 radical (unpaired) electrons. The van der Waals surface area contributed by atoms with Crippen molar-refractivity contribution in [3.8, 4) is 34.5 Å². The minimum Gasteiger partial charge on any atom is -0.383 e. The highest BCUT2D eigenvalue weighted by Gasteiger charge is 2.43. The van der Waals surface area contributed by atoms with Crippen LogP contribution in [0.1, 0.15) is 24.2 Å². The molecule has 5 aromatic heterocycles. The van der Waals surface area contributed by atoms with E-state index in [1.165, 1.54) is 11.6 Å². The van der Waals surface area contributed by atoms with Gasteiger partial charge in [-0.1, -0.05) is 12.1 Å². The fourth-order valence-electron chi connectivity index (χ4n) is 6.93. The Morgan fingerprint density at radius 2 is 1.77 bits per heavy atom. The first-order valence-electron chi connectivity index (χ1n) is 15.5. The number of anilines is 2. The van der Waals surface area contributed by atoms with Crippen molar-refractivity contribution in [3.63, 3.8) is 0 Å². The number of nitrogen functional groups attached to an aromatic ring is 1. The first-order chi connectivity index (χ1) is 23.0. The van der Waals surface area contributed by atoms with Crippen LogP contribution in [0.25, 0.3) is 39.5 Å². The van der Waals surface area contributed by atoms with E-state index in [-0.39, 0.29) is 11.2 Å². The number of fused-ring (bicyclic) bond motifs is 1. The van der Waals surface area contributed by atoms with Gasteiger partial charge in [-0.3, -0.25) is 9.47 Å². The second-order valence-electron chi connectivity index (χ2n) is 12.3. The summed E-state index contributed by atoms with van der Waals surface area (Å²) >= 11 is 0. The third kappa shape index (κ3) is 5.40. The zero-order valence-corrected chi connectivity index (χ0v) is 25.5. The van der Waals surface area contributed by atoms with Crippen LogP contribution in [-0.4, -0.2) is 65.5 Å². The number of nitrogens with two attached hydrogens (primary N) is 1. The molecule has 0 aliphatic carbocycles. The number of hydrogen-bond acceptors (Lipinski definition) is 10. The number of benzene rings is 1. The average molecular weight is 624 g/mol. The van der Waals surface area contributed by atoms with Crippen molar-refractivity contribution in [2.24, 2.45) is 5.41 Å². The van der Waals surface area contributed by atoms with Crippen molar-refractivity contribution in [2.75, 3.05) is 36.8 Å². The van der Waals surface area contributed by atoms with E-state index >= 15 is 0 Å². The lowest BCUT2D eigenvalue weighted by molar-refractivity contribution is 0.270. The van der Waals surface area contributed by atoms with Crippen LogP contribution in [0, 0.1) is 22.6 Å². The topological polar surface area (TPSA) is 139 Å². The Hall–Kier alpha value is -5.80. The predicted molar refractivity (Wildman–Crippen MR) is 176 cm³/mol. The molecule has 1 spiro atoms. The molecule has 0 bridgehead atoms. The first kappa shape index (κ1) is 28.7. The van der Waals surface area contributed by atoms with Crippen LogP contribution in [0.5, 0.6) is 0 Å². The SMILES string of the molecule is N#Cc1nccc(N2CC[C@@]3(CCN(Cc4ccc(-n5c(-c6cccnc6N)cc6cnc(-c7ccc(F)cn7)nc65)cc4)C3)C2)n1. The number of nitrogens with zero attached hydrogens (tertiary/aromatic N) is 10. The highest BCUT2D eigenvalue weighted by molar-refractivity contribution is 5.89. The van der Waals surface area contributed by atoms with Crippen molar-refractivity contribution < 1.29 is 4.39 Å². The van der Waals surface area contributed by atoms with E-state index < -0.39 is 5.82 Å². The van der Waals surface area contributed by atoms with E-state index in [4.69, 9.17) is 10.7 Å². The summed E-state index contributed by atoms with van der Waals surface area (Å²) in [4.78, 5) is 31.2. The highest BCUT2D eigenvalue weighted by Crippen LogP contribution is 2.41. The number of hydrogen-bond donors (Lipinski definition) is 1. The summed E-state index contributed by atoms with van der Waals surface area (Å²) in [6.07, 6.45) is 8.49. The first-order valence-corrected chi connectivity index (χ1v) is 15.5. The quantitative estimate of drug-likeness (QED) is 0.269. The molecule has 2 saturated heterocycles. The Morgan fingerprint density at radius 1 is 0.894 bits per heavy atom. The van der Waals surface area contributed by atoms with Crippen LogP contribution in [0.2, 0.25) is 0 Å². The standard InChI is InChI=1S/C35H30FN11/c36-25-5-8-28(41-19-25)33-42-18-24-16-29(27-2-1-12-40-32(27)38)47(34(24)44-33)26-6-3-23(4-7-26)20-45-14-10-35(21-45)11-15-46(22-35)31-9-13-39-30(17-37)43-31/h1-9,12-13,16,18-19H,10-11,14-15,20-22H2,(H2,38,40)/t35-/m1/s1. The van der Waals surface area contributed by atoms with Gasteiger partial charge in [-0.2, -0.15) is 5.26 Å². The van der Waals surface area contributed by atoms with Gasteiger partial charge in [-0.25, -0.2) is 34.3 Å². The molecule has 2 aliphatic rings. The third-order valence-electron chi connectivity index (χ3n) is 9.23. The molecule has 8 rings (SSSR count). The molecule has 0 amide bonds. The van der Waals surface area contributed by atoms with E-state index in [1.54, 1.807) is 24.7 Å². The van der Waals surface area contributed by atoms with Crippen LogP contribution in [0.3, 0.4) is 0 Å². The van der Waals surface area contributed by atoms with Crippen LogP contribution in [0.4, 0.5) is 16.0 Å². The molecule has 2 aliphatic heterocycles. The zero-order chi connectivity index (χ0) is 32.0. The number of halogens is 1. The van der Waals surface area contributed by atoms with Gasteiger partial charge in [0.15, 0.2) is 5.82 Å². The maximum atomic E-state index is 13.6. The normalized spacial score (nSPS) is 17.9. The largest absolute Gasteiger partial charge is 0.383 e. The van der Waals surface area contributed by atoms with E-state index in [0.29, 0.717) is 23.0 Å². The minimum absolute atomic E-state index is 0.210. The van der Waals surface area contributed by atoms with Gasteiger partial charge in [0.1, 0.15) is 34.9 Å². The number of aromatic nitrogens is 7. The van der Waals surface area contributed by atoms with E-state index in [9.17, 15) is 9.65 Å². The van der Waals surface area contributed by atoms with Gasteiger partial charge in [0.25, 0.3) is 0 Å². The Balaban J connectivity index is 1.06. The molecule has 7 heterocycles. The van der Waals surface area contributed by atoms with Crippen LogP contribution < -0.4 is 10.6 Å². The number of pyridine rings is 2. The molecular formula is C35H30FN11. The van der Waals surface area contributed by atoms with Crippen molar-refractivity contribution >= 4 is 22.7 Å². The number of nitriles is 1. The molecule has 2 N–H and O–H groups in total. The molecule has 0 saturated carbocycles. The molecule has 1 aromatic carbocycles. The zero-order valence-electron chi connectivity index (χ0n) is 25.5. The third-order valence-corrected chi connectivity index (χ3v) is 9.23. The maximum Gasteiger partial charge on any atom is 0.234 e. The molecule has 47 heavy (non-hydrogen) atoms. The lowest BCUT2D eigenvalue weighted by Crippen LogP contribution is -2.31. The number of rotatable bonds is 6. The molecule has 11 nitrogen and oxygen atoms in total. The molecule has 0 unspecified atom stereocenters. The van der Waals surface area contributed by atoms with Crippen LogP contribution in [0.15, 0.2) is 85.5 Å². The Kier molecular flexibility index (Phi) is 7.03. The summed E-state index contributed by atoms with van der Waals surface area (Å²) in [5.41, 5.74) is 11.5. The molecule has 232 valence electrons. The summed E-state index contributed by atoms with van der Waals surface area (Å²) in [7, 11) is 0. The van der Waals surface area contributed by atoms with Gasteiger partial charge in [0, 0.05) is 66.8 Å². The summed E-state index contributed by atoms with van der Waals surface area (Å²) in [5, 5.41) is 10.0.